The number of hydrogen-bond donors (Lipinski definition) is 1. The molecule has 1 fully saturated rings. The van der Waals surface area contributed by atoms with Crippen LogP contribution in [-0.2, 0) is 22.4 Å². The minimum Gasteiger partial charge on any atom is -0.353 e. The lowest BCUT2D eigenvalue weighted by atomic mass is 10.2. The maximum atomic E-state index is 12.8. The van der Waals surface area contributed by atoms with E-state index < -0.39 is 0 Å². The Kier molecular flexibility index (Phi) is 6.90. The van der Waals surface area contributed by atoms with Gasteiger partial charge in [-0.05, 0) is 53.6 Å². The molecular formula is C16H20Br2N2O4S. The molecule has 3 rings (SSSR count). The van der Waals surface area contributed by atoms with Gasteiger partial charge in [-0.1, -0.05) is 15.9 Å². The normalized spacial score (nSPS) is 18.1. The molecule has 0 aromatic carbocycles. The second-order valence-electron chi connectivity index (χ2n) is 5.90. The van der Waals surface area contributed by atoms with Gasteiger partial charge in [0.15, 0.2) is 6.29 Å². The zero-order chi connectivity index (χ0) is 17.8. The summed E-state index contributed by atoms with van der Waals surface area (Å²) < 4.78 is 13.4. The summed E-state index contributed by atoms with van der Waals surface area (Å²) in [4.78, 5) is 28.5. The van der Waals surface area contributed by atoms with Gasteiger partial charge in [0.25, 0.3) is 5.56 Å². The van der Waals surface area contributed by atoms with Crippen molar-refractivity contribution in [3.8, 4) is 0 Å². The van der Waals surface area contributed by atoms with Gasteiger partial charge in [0.2, 0.25) is 0 Å². The van der Waals surface area contributed by atoms with E-state index in [9.17, 15) is 9.59 Å². The average Bonchev–Trinajstić information content (AvgIpc) is 2.91. The van der Waals surface area contributed by atoms with Crippen LogP contribution in [0.4, 0.5) is 0 Å². The molecule has 0 spiro atoms. The van der Waals surface area contributed by atoms with Crippen LogP contribution in [-0.4, -0.2) is 34.4 Å². The second-order valence-corrected chi connectivity index (χ2v) is 9.04. The third-order valence-corrected chi connectivity index (χ3v) is 6.49. The molecule has 3 heterocycles. The van der Waals surface area contributed by atoms with Crippen molar-refractivity contribution in [3.63, 3.8) is 0 Å². The van der Waals surface area contributed by atoms with Crippen LogP contribution in [0.1, 0.15) is 31.2 Å². The topological polar surface area (TPSA) is 73.3 Å². The van der Waals surface area contributed by atoms with E-state index in [1.54, 1.807) is 0 Å². The first-order valence-corrected chi connectivity index (χ1v) is 11.1. The van der Waals surface area contributed by atoms with Crippen LogP contribution < -0.4 is 11.2 Å². The molecule has 138 valence electrons. The Hall–Kier alpha value is -0.480. The first kappa shape index (κ1) is 19.3. The van der Waals surface area contributed by atoms with E-state index in [4.69, 9.17) is 9.47 Å². The summed E-state index contributed by atoms with van der Waals surface area (Å²) in [5, 5.41) is 1.36. The average molecular weight is 496 g/mol. The van der Waals surface area contributed by atoms with Crippen molar-refractivity contribution < 1.29 is 9.47 Å². The highest BCUT2D eigenvalue weighted by atomic mass is 79.9. The van der Waals surface area contributed by atoms with Crippen molar-refractivity contribution in [3.05, 3.63) is 30.2 Å². The molecule has 1 N–H and O–H groups in total. The molecule has 6 nitrogen and oxygen atoms in total. The summed E-state index contributed by atoms with van der Waals surface area (Å²) in [5.41, 5.74) is 0.342. The molecule has 0 aliphatic carbocycles. The predicted molar refractivity (Wildman–Crippen MR) is 106 cm³/mol. The summed E-state index contributed by atoms with van der Waals surface area (Å²) in [5.74, 6) is 0. The van der Waals surface area contributed by atoms with Crippen LogP contribution >= 0.6 is 43.2 Å². The molecule has 1 aliphatic heterocycles. The molecule has 9 heteroatoms. The molecule has 0 radical (unpaired) electrons. The summed E-state index contributed by atoms with van der Waals surface area (Å²) in [6, 6.07) is 0. The van der Waals surface area contributed by atoms with Crippen molar-refractivity contribution in [1.82, 2.24) is 9.55 Å². The molecular weight excluding hydrogens is 476 g/mol. The van der Waals surface area contributed by atoms with Gasteiger partial charge in [0.1, 0.15) is 4.83 Å². The number of nitrogens with one attached hydrogen (secondary N) is 1. The standard InChI is InChI=1S/C16H20Br2N2O4S/c17-6-5-10-12-14(25-13(10)18)19-16(22)20(15(12)21)7-3-9-24-11-4-1-2-8-23-11/h11H,1-9H2,(H,19,22). The van der Waals surface area contributed by atoms with Crippen molar-refractivity contribution in [1.29, 1.82) is 0 Å². The Bertz CT molecular complexity index is 839. The summed E-state index contributed by atoms with van der Waals surface area (Å²) in [6.45, 7) is 1.54. The Balaban J connectivity index is 1.73. The first-order chi connectivity index (χ1) is 12.1. The van der Waals surface area contributed by atoms with E-state index >= 15 is 0 Å². The monoisotopic (exact) mass is 494 g/mol. The van der Waals surface area contributed by atoms with Crippen LogP contribution in [0.5, 0.6) is 0 Å². The van der Waals surface area contributed by atoms with Gasteiger partial charge in [-0.25, -0.2) is 4.79 Å². The molecule has 25 heavy (non-hydrogen) atoms. The van der Waals surface area contributed by atoms with Gasteiger partial charge < -0.3 is 9.47 Å². The van der Waals surface area contributed by atoms with Gasteiger partial charge >= 0.3 is 5.69 Å². The van der Waals surface area contributed by atoms with E-state index in [0.29, 0.717) is 29.8 Å². The Morgan fingerprint density at radius 1 is 1.36 bits per heavy atom. The Morgan fingerprint density at radius 2 is 2.20 bits per heavy atom. The molecule has 0 saturated carbocycles. The fraction of sp³-hybridized carbons (Fsp3) is 0.625. The van der Waals surface area contributed by atoms with E-state index in [2.05, 4.69) is 36.8 Å². The fourth-order valence-corrected chi connectivity index (χ4v) is 5.18. The SMILES string of the molecule is O=c1[nH]c2sc(Br)c(CCBr)c2c(=O)n1CCCOC1CCCCO1. The van der Waals surface area contributed by atoms with Crippen molar-refractivity contribution in [2.24, 2.45) is 0 Å². The maximum absolute atomic E-state index is 12.8. The maximum Gasteiger partial charge on any atom is 0.329 e. The fourth-order valence-electron chi connectivity index (χ4n) is 2.94. The number of rotatable bonds is 7. The highest BCUT2D eigenvalue weighted by molar-refractivity contribution is 9.11. The highest BCUT2D eigenvalue weighted by Crippen LogP contribution is 2.32. The van der Waals surface area contributed by atoms with Crippen LogP contribution in [0, 0.1) is 0 Å². The molecule has 1 saturated heterocycles. The number of alkyl halides is 1. The van der Waals surface area contributed by atoms with Gasteiger partial charge in [-0.2, -0.15) is 0 Å². The number of aromatic nitrogens is 2. The lowest BCUT2D eigenvalue weighted by Crippen LogP contribution is -2.35. The van der Waals surface area contributed by atoms with Gasteiger partial charge in [-0.15, -0.1) is 11.3 Å². The lowest BCUT2D eigenvalue weighted by Gasteiger charge is -2.22. The van der Waals surface area contributed by atoms with Gasteiger partial charge in [0, 0.05) is 18.5 Å². The zero-order valence-electron chi connectivity index (χ0n) is 13.7. The highest BCUT2D eigenvalue weighted by Gasteiger charge is 2.17. The van der Waals surface area contributed by atoms with Crippen molar-refractivity contribution in [2.75, 3.05) is 18.5 Å². The summed E-state index contributed by atoms with van der Waals surface area (Å²) in [6.07, 6.45) is 4.27. The number of hydrogen-bond acceptors (Lipinski definition) is 5. The Labute approximate surface area is 165 Å². The minimum absolute atomic E-state index is 0.149. The molecule has 1 atom stereocenters. The molecule has 2 aromatic heterocycles. The number of aryl methyl sites for hydroxylation is 1. The number of aromatic amines is 1. The summed E-state index contributed by atoms with van der Waals surface area (Å²) >= 11 is 8.30. The van der Waals surface area contributed by atoms with E-state index in [-0.39, 0.29) is 17.5 Å². The molecule has 1 aliphatic rings. The van der Waals surface area contributed by atoms with E-state index in [0.717, 1.165) is 47.0 Å². The van der Waals surface area contributed by atoms with Gasteiger partial charge in [-0.3, -0.25) is 14.3 Å². The van der Waals surface area contributed by atoms with Crippen LogP contribution in [0.2, 0.25) is 0 Å². The number of H-pyrrole nitrogens is 1. The second kappa shape index (κ2) is 8.94. The van der Waals surface area contributed by atoms with Crippen LogP contribution in [0.25, 0.3) is 10.2 Å². The summed E-state index contributed by atoms with van der Waals surface area (Å²) in [7, 11) is 0. The molecule has 1 unspecified atom stereocenters. The third-order valence-electron chi connectivity index (χ3n) is 4.19. The van der Waals surface area contributed by atoms with Gasteiger partial charge in [0.05, 0.1) is 15.8 Å². The minimum atomic E-state index is -0.370. The largest absolute Gasteiger partial charge is 0.353 e. The van der Waals surface area contributed by atoms with Crippen LogP contribution in [0.15, 0.2) is 13.4 Å². The van der Waals surface area contributed by atoms with Crippen LogP contribution in [0.3, 0.4) is 0 Å². The number of thiophene rings is 1. The molecule has 2 aromatic rings. The van der Waals surface area contributed by atoms with E-state index in [1.165, 1.54) is 15.9 Å². The number of ether oxygens (including phenoxy) is 2. The molecule has 0 bridgehead atoms. The smallest absolute Gasteiger partial charge is 0.329 e. The van der Waals surface area contributed by atoms with Crippen molar-refractivity contribution >= 4 is 53.4 Å². The van der Waals surface area contributed by atoms with E-state index in [1.807, 2.05) is 0 Å². The Morgan fingerprint density at radius 3 is 2.92 bits per heavy atom. The van der Waals surface area contributed by atoms with Crippen molar-refractivity contribution in [2.45, 2.75) is 44.9 Å². The number of fused-ring (bicyclic) bond motifs is 1. The number of halogens is 2. The third kappa shape index (κ3) is 4.44. The predicted octanol–water partition coefficient (Wildman–Crippen LogP) is 3.38. The first-order valence-electron chi connectivity index (χ1n) is 8.35. The zero-order valence-corrected chi connectivity index (χ0v) is 17.7. The quantitative estimate of drug-likeness (QED) is 0.472. The lowest BCUT2D eigenvalue weighted by molar-refractivity contribution is -0.163. The number of nitrogens with zero attached hydrogens (tertiary/aromatic N) is 1. The molecule has 0 amide bonds.